The minimum atomic E-state index is -0.162. The van der Waals surface area contributed by atoms with Crippen LogP contribution in [0.1, 0.15) is 34.0 Å². The first-order valence-electron chi connectivity index (χ1n) is 7.21. The third kappa shape index (κ3) is 3.33. The monoisotopic (exact) mass is 361 g/mol. The van der Waals surface area contributed by atoms with Gasteiger partial charge in [0.15, 0.2) is 0 Å². The number of benzene rings is 2. The van der Waals surface area contributed by atoms with Gasteiger partial charge in [-0.3, -0.25) is 4.79 Å². The topological polar surface area (TPSA) is 38.3 Å². The molecule has 0 spiro atoms. The van der Waals surface area contributed by atoms with E-state index >= 15 is 0 Å². The first-order chi connectivity index (χ1) is 10.5. The Morgan fingerprint density at radius 3 is 2.59 bits per heavy atom. The molecule has 0 fully saturated rings. The van der Waals surface area contributed by atoms with E-state index in [1.165, 1.54) is 0 Å². The maximum absolute atomic E-state index is 12.7. The SMILES string of the molecule is CCc1cccc(C)c1NC(=O)c1cc(Br)cc(C)c1OC. The molecule has 4 heteroatoms. The molecule has 1 amide bonds. The number of carbonyl (C=O) groups excluding carboxylic acids is 1. The van der Waals surface area contributed by atoms with Crippen LogP contribution < -0.4 is 10.1 Å². The zero-order chi connectivity index (χ0) is 16.3. The first-order valence-corrected chi connectivity index (χ1v) is 8.01. The lowest BCUT2D eigenvalue weighted by atomic mass is 10.0. The predicted molar refractivity (Wildman–Crippen MR) is 93.9 cm³/mol. The van der Waals surface area contributed by atoms with Crippen molar-refractivity contribution in [3.63, 3.8) is 0 Å². The summed E-state index contributed by atoms with van der Waals surface area (Å²) in [6.45, 7) is 6.00. The average molecular weight is 362 g/mol. The maximum atomic E-state index is 12.7. The molecule has 0 unspecified atom stereocenters. The van der Waals surface area contributed by atoms with Crippen molar-refractivity contribution in [2.75, 3.05) is 12.4 Å². The summed E-state index contributed by atoms with van der Waals surface area (Å²) >= 11 is 3.44. The second-order valence-corrected chi connectivity index (χ2v) is 6.14. The van der Waals surface area contributed by atoms with Crippen LogP contribution in [0.2, 0.25) is 0 Å². The number of ether oxygens (including phenoxy) is 1. The van der Waals surface area contributed by atoms with E-state index in [0.29, 0.717) is 11.3 Å². The number of nitrogens with one attached hydrogen (secondary N) is 1. The van der Waals surface area contributed by atoms with Crippen molar-refractivity contribution in [2.45, 2.75) is 27.2 Å². The lowest BCUT2D eigenvalue weighted by Gasteiger charge is -2.15. The minimum Gasteiger partial charge on any atom is -0.496 e. The molecule has 2 rings (SSSR count). The van der Waals surface area contributed by atoms with Crippen molar-refractivity contribution in [2.24, 2.45) is 0 Å². The van der Waals surface area contributed by atoms with Gasteiger partial charge in [0.1, 0.15) is 5.75 Å². The first kappa shape index (κ1) is 16.6. The van der Waals surface area contributed by atoms with E-state index in [2.05, 4.69) is 28.2 Å². The van der Waals surface area contributed by atoms with Crippen LogP contribution in [0.4, 0.5) is 5.69 Å². The summed E-state index contributed by atoms with van der Waals surface area (Å²) in [7, 11) is 1.58. The number of halogens is 1. The van der Waals surface area contributed by atoms with Gasteiger partial charge in [0, 0.05) is 10.2 Å². The Labute approximate surface area is 139 Å². The van der Waals surface area contributed by atoms with Crippen molar-refractivity contribution in [3.8, 4) is 5.75 Å². The van der Waals surface area contributed by atoms with Crippen LogP contribution >= 0.6 is 15.9 Å². The fraction of sp³-hybridized carbons (Fsp3) is 0.278. The van der Waals surface area contributed by atoms with Gasteiger partial charge in [-0.25, -0.2) is 0 Å². The summed E-state index contributed by atoms with van der Waals surface area (Å²) in [5.41, 5.74) is 4.51. The van der Waals surface area contributed by atoms with Crippen molar-refractivity contribution in [1.82, 2.24) is 0 Å². The van der Waals surface area contributed by atoms with E-state index in [1.807, 2.05) is 38.1 Å². The Kier molecular flexibility index (Phi) is 5.24. The van der Waals surface area contributed by atoms with Crippen LogP contribution in [0.25, 0.3) is 0 Å². The van der Waals surface area contributed by atoms with Gasteiger partial charge < -0.3 is 10.1 Å². The highest BCUT2D eigenvalue weighted by Gasteiger charge is 2.17. The quantitative estimate of drug-likeness (QED) is 0.841. The second kappa shape index (κ2) is 6.97. The molecule has 0 aliphatic carbocycles. The van der Waals surface area contributed by atoms with E-state index in [9.17, 15) is 4.79 Å². The summed E-state index contributed by atoms with van der Waals surface area (Å²) in [6.07, 6.45) is 0.867. The molecule has 2 aromatic rings. The third-order valence-corrected chi connectivity index (χ3v) is 4.12. The molecule has 0 aliphatic rings. The molecule has 0 atom stereocenters. The molecule has 1 N–H and O–H groups in total. The molecule has 0 aliphatic heterocycles. The molecule has 0 aromatic heterocycles. The van der Waals surface area contributed by atoms with Gasteiger partial charge in [-0.15, -0.1) is 0 Å². The molecule has 0 radical (unpaired) electrons. The van der Waals surface area contributed by atoms with Crippen LogP contribution in [-0.2, 0) is 6.42 Å². The van der Waals surface area contributed by atoms with Crippen LogP contribution in [0.15, 0.2) is 34.8 Å². The standard InChI is InChI=1S/C18H20BrNO2/c1-5-13-8-6-7-11(2)16(13)20-18(21)15-10-14(19)9-12(3)17(15)22-4/h6-10H,5H2,1-4H3,(H,20,21). The summed E-state index contributed by atoms with van der Waals surface area (Å²) in [6, 6.07) is 9.75. The van der Waals surface area contributed by atoms with Gasteiger partial charge >= 0.3 is 0 Å². The number of methoxy groups -OCH3 is 1. The Bertz CT molecular complexity index is 710. The van der Waals surface area contributed by atoms with Gasteiger partial charge in [-0.05, 0) is 49.1 Å². The van der Waals surface area contributed by atoms with Gasteiger partial charge in [0.05, 0.1) is 12.7 Å². The van der Waals surface area contributed by atoms with Crippen molar-refractivity contribution < 1.29 is 9.53 Å². The van der Waals surface area contributed by atoms with Crippen LogP contribution in [0.5, 0.6) is 5.75 Å². The second-order valence-electron chi connectivity index (χ2n) is 5.22. The molecule has 116 valence electrons. The number of aryl methyl sites for hydroxylation is 3. The van der Waals surface area contributed by atoms with Crippen molar-refractivity contribution in [1.29, 1.82) is 0 Å². The molecule has 0 saturated heterocycles. The third-order valence-electron chi connectivity index (χ3n) is 3.67. The Balaban J connectivity index is 2.43. The summed E-state index contributed by atoms with van der Waals surface area (Å²) in [4.78, 5) is 12.7. The van der Waals surface area contributed by atoms with Gasteiger partial charge in [0.2, 0.25) is 0 Å². The van der Waals surface area contributed by atoms with Crippen LogP contribution in [-0.4, -0.2) is 13.0 Å². The van der Waals surface area contributed by atoms with E-state index in [4.69, 9.17) is 4.74 Å². The molecular formula is C18H20BrNO2. The minimum absolute atomic E-state index is 0.162. The molecule has 0 saturated carbocycles. The molecule has 2 aromatic carbocycles. The fourth-order valence-electron chi connectivity index (χ4n) is 2.55. The van der Waals surface area contributed by atoms with Crippen molar-refractivity contribution in [3.05, 3.63) is 57.1 Å². The normalized spacial score (nSPS) is 10.4. The molecule has 0 bridgehead atoms. The summed E-state index contributed by atoms with van der Waals surface area (Å²) in [5.74, 6) is 0.442. The van der Waals surface area contributed by atoms with Crippen molar-refractivity contribution >= 4 is 27.5 Å². The summed E-state index contributed by atoms with van der Waals surface area (Å²) < 4.78 is 6.25. The molecule has 3 nitrogen and oxygen atoms in total. The van der Waals surface area contributed by atoms with E-state index in [0.717, 1.165) is 33.3 Å². The Morgan fingerprint density at radius 1 is 1.23 bits per heavy atom. The number of para-hydroxylation sites is 1. The molecule has 0 heterocycles. The number of hydrogen-bond donors (Lipinski definition) is 1. The largest absolute Gasteiger partial charge is 0.496 e. The van der Waals surface area contributed by atoms with E-state index in [1.54, 1.807) is 13.2 Å². The summed E-state index contributed by atoms with van der Waals surface area (Å²) in [5, 5.41) is 3.04. The maximum Gasteiger partial charge on any atom is 0.259 e. The Hall–Kier alpha value is -1.81. The number of carbonyl (C=O) groups is 1. The average Bonchev–Trinajstić information content (AvgIpc) is 2.48. The highest BCUT2D eigenvalue weighted by molar-refractivity contribution is 9.10. The van der Waals surface area contributed by atoms with Gasteiger partial charge in [-0.2, -0.15) is 0 Å². The van der Waals surface area contributed by atoms with Crippen LogP contribution in [0, 0.1) is 13.8 Å². The highest BCUT2D eigenvalue weighted by Crippen LogP contribution is 2.29. The predicted octanol–water partition coefficient (Wildman–Crippen LogP) is 4.89. The Morgan fingerprint density at radius 2 is 1.95 bits per heavy atom. The number of anilines is 1. The van der Waals surface area contributed by atoms with Gasteiger partial charge in [0.25, 0.3) is 5.91 Å². The number of amides is 1. The van der Waals surface area contributed by atoms with E-state index < -0.39 is 0 Å². The number of hydrogen-bond acceptors (Lipinski definition) is 2. The van der Waals surface area contributed by atoms with E-state index in [-0.39, 0.29) is 5.91 Å². The highest BCUT2D eigenvalue weighted by atomic mass is 79.9. The fourth-order valence-corrected chi connectivity index (χ4v) is 3.12. The number of rotatable bonds is 4. The van der Waals surface area contributed by atoms with Crippen LogP contribution in [0.3, 0.4) is 0 Å². The lowest BCUT2D eigenvalue weighted by molar-refractivity contribution is 0.102. The smallest absolute Gasteiger partial charge is 0.259 e. The molecule has 22 heavy (non-hydrogen) atoms. The lowest BCUT2D eigenvalue weighted by Crippen LogP contribution is -2.16. The zero-order valence-corrected chi connectivity index (χ0v) is 14.9. The zero-order valence-electron chi connectivity index (χ0n) is 13.3. The van der Waals surface area contributed by atoms with Gasteiger partial charge in [-0.1, -0.05) is 41.1 Å². The molecular weight excluding hydrogens is 342 g/mol.